The molecular weight excluding hydrogens is 887 g/mol. The number of allylic oxidation sites excluding steroid dienone is 2. The minimum Gasteiger partial charge on any atom is -0.147 e. The standard InChI is InChI=1S/2C28H29.2CH3.2ClH.H2Si.Zr/c2*1-17(2)22-15-27-25(23-11-18(3)9-19(4)12-23)7-8-26(28(27)16-22)24-13-20(5)10-21(6)14-24;;;;;;/h2*7-17H,1-6H3;2*1H3;2*1H;1H2;. The number of rotatable bonds is 8. The van der Waals surface area contributed by atoms with Crippen LogP contribution in [0.1, 0.15) is 102 Å². The van der Waals surface area contributed by atoms with E-state index in [4.69, 9.17) is 0 Å². The molecule has 0 saturated heterocycles. The van der Waals surface area contributed by atoms with E-state index >= 15 is 0 Å². The molecule has 0 fully saturated rings. The van der Waals surface area contributed by atoms with Crippen LogP contribution in [-0.2, 0) is 17.4 Å². The van der Waals surface area contributed by atoms with Gasteiger partial charge in [-0.15, -0.1) is 24.8 Å². The van der Waals surface area contributed by atoms with Gasteiger partial charge in [-0.05, 0) is 0 Å². The van der Waals surface area contributed by atoms with Gasteiger partial charge in [-0.3, -0.25) is 0 Å². The third kappa shape index (κ3) is 8.56. The molecule has 0 aromatic heterocycles. The molecule has 0 saturated carbocycles. The summed E-state index contributed by atoms with van der Waals surface area (Å²) in [5.41, 5.74) is 30.9. The summed E-state index contributed by atoms with van der Waals surface area (Å²) in [5.74, 6) is 0.818. The molecular formula is C58H68Cl2SiZr. The third-order valence-electron chi connectivity index (χ3n) is 13.8. The molecule has 8 rings (SSSR count). The van der Waals surface area contributed by atoms with Crippen molar-refractivity contribution in [3.63, 3.8) is 0 Å². The van der Waals surface area contributed by atoms with E-state index in [9.17, 15) is 0 Å². The van der Waals surface area contributed by atoms with E-state index in [1.807, 2.05) is 0 Å². The second-order valence-corrected chi connectivity index (χ2v) is 51.4. The van der Waals surface area contributed by atoms with Crippen molar-refractivity contribution in [1.82, 2.24) is 0 Å². The maximum absolute atomic E-state index is 4.24. The number of aryl methyl sites for hydroxylation is 8. The first-order valence-corrected chi connectivity index (χ1v) is 36.1. The molecule has 0 nitrogen and oxygen atoms in total. The van der Waals surface area contributed by atoms with E-state index in [-0.39, 0.29) is 24.8 Å². The fourth-order valence-corrected chi connectivity index (χ4v) is 31.4. The molecule has 2 unspecified atom stereocenters. The second kappa shape index (κ2) is 17.5. The van der Waals surface area contributed by atoms with Crippen LogP contribution in [0.5, 0.6) is 0 Å². The first kappa shape index (κ1) is 47.9. The average molecular weight is 955 g/mol. The zero-order chi connectivity index (χ0) is 43.2. The van der Waals surface area contributed by atoms with Gasteiger partial charge in [0.2, 0.25) is 0 Å². The summed E-state index contributed by atoms with van der Waals surface area (Å²) in [6.07, 6.45) is 5.37. The van der Waals surface area contributed by atoms with Gasteiger partial charge >= 0.3 is 367 Å². The van der Waals surface area contributed by atoms with Crippen LogP contribution in [0.2, 0.25) is 9.26 Å². The predicted molar refractivity (Wildman–Crippen MR) is 278 cm³/mol. The van der Waals surface area contributed by atoms with Crippen LogP contribution in [0.4, 0.5) is 0 Å². The monoisotopic (exact) mass is 952 g/mol. The zero-order valence-electron chi connectivity index (χ0n) is 39.7. The van der Waals surface area contributed by atoms with Crippen molar-refractivity contribution in [2.75, 3.05) is 0 Å². The van der Waals surface area contributed by atoms with Gasteiger partial charge in [0, 0.05) is 0 Å². The smallest absolute Gasteiger partial charge is 0.147 e. The molecule has 2 atom stereocenters. The number of halogens is 2. The predicted octanol–water partition coefficient (Wildman–Crippen LogP) is 16.9. The molecule has 2 aliphatic carbocycles. The van der Waals surface area contributed by atoms with Gasteiger partial charge in [-0.2, -0.15) is 0 Å². The van der Waals surface area contributed by atoms with Crippen LogP contribution in [0, 0.1) is 67.2 Å². The SMILES string of the molecule is Cc1cc(C)cc(-c2ccc(-c3cc(C)cc(C)c3)c3c2C=C(C(C)C)[CH]3[Zr]([CH3])([CH3])(=[SiH2])[CH]2C(C(C)C)=Cc3c(-c4cc(C)cc(C)c4)ccc(-c4cc(C)cc(C)c4)c32)c1.Cl.Cl. The second-order valence-electron chi connectivity index (χ2n) is 20.9. The van der Waals surface area contributed by atoms with Crippen molar-refractivity contribution in [3.8, 4) is 44.5 Å². The Balaban J connectivity index is 0.00000321. The van der Waals surface area contributed by atoms with Gasteiger partial charge in [0.15, 0.2) is 0 Å². The Kier molecular flexibility index (Phi) is 13.5. The van der Waals surface area contributed by atoms with Crippen LogP contribution in [0.3, 0.4) is 0 Å². The Morgan fingerprint density at radius 1 is 0.387 bits per heavy atom. The molecule has 0 bridgehead atoms. The fraction of sp³-hybridized carbons (Fsp3) is 0.310. The number of fused-ring (bicyclic) bond motifs is 2. The van der Waals surface area contributed by atoms with Gasteiger partial charge in [0.25, 0.3) is 0 Å². The third-order valence-corrected chi connectivity index (χ3v) is 31.0. The van der Waals surface area contributed by atoms with Crippen LogP contribution < -0.4 is 0 Å². The van der Waals surface area contributed by atoms with Gasteiger partial charge in [-0.25, -0.2) is 0 Å². The summed E-state index contributed by atoms with van der Waals surface area (Å²) in [6, 6.07) is 38.6. The molecule has 4 heteroatoms. The van der Waals surface area contributed by atoms with E-state index in [0.29, 0.717) is 19.1 Å². The van der Waals surface area contributed by atoms with Gasteiger partial charge in [0.05, 0.1) is 0 Å². The topological polar surface area (TPSA) is 0 Å². The number of hydrogen-bond acceptors (Lipinski definition) is 0. The van der Waals surface area contributed by atoms with E-state index in [1.54, 1.807) is 22.3 Å². The summed E-state index contributed by atoms with van der Waals surface area (Å²) in [6.45, 7) is 30.4. The minimum absolute atomic E-state index is 0. The Labute approximate surface area is 389 Å². The van der Waals surface area contributed by atoms with E-state index < -0.39 is 17.4 Å². The van der Waals surface area contributed by atoms with Crippen LogP contribution in [0.25, 0.3) is 56.7 Å². The Morgan fingerprint density at radius 3 is 0.855 bits per heavy atom. The van der Waals surface area contributed by atoms with Crippen molar-refractivity contribution in [2.45, 2.75) is 99.6 Å². The quantitative estimate of drug-likeness (QED) is 0.133. The normalized spacial score (nSPS) is 15.8. The molecule has 62 heavy (non-hydrogen) atoms. The Bertz CT molecular complexity index is 2630. The zero-order valence-corrected chi connectivity index (χ0v) is 45.2. The van der Waals surface area contributed by atoms with Crippen molar-refractivity contribution in [2.24, 2.45) is 11.8 Å². The van der Waals surface area contributed by atoms with Gasteiger partial charge in [-0.1, -0.05) is 0 Å². The Morgan fingerprint density at radius 2 is 0.613 bits per heavy atom. The minimum atomic E-state index is -4.24. The molecule has 322 valence electrons. The van der Waals surface area contributed by atoms with Crippen LogP contribution in [0.15, 0.2) is 108 Å². The van der Waals surface area contributed by atoms with Crippen molar-refractivity contribution < 1.29 is 17.4 Å². The molecule has 0 amide bonds. The van der Waals surface area contributed by atoms with Crippen molar-refractivity contribution in [3.05, 3.63) is 175 Å². The average Bonchev–Trinajstić information content (AvgIpc) is 3.75. The molecule has 2 aliphatic rings. The molecule has 0 radical (unpaired) electrons. The summed E-state index contributed by atoms with van der Waals surface area (Å²) >= 11 is -4.24. The van der Waals surface area contributed by atoms with E-state index in [2.05, 4.69) is 208 Å². The molecule has 0 aliphatic heterocycles. The first-order chi connectivity index (χ1) is 28.2. The summed E-state index contributed by atoms with van der Waals surface area (Å²) in [7, 11) is 0. The Hall–Kier alpha value is -3.52. The van der Waals surface area contributed by atoms with Crippen molar-refractivity contribution >= 4 is 43.8 Å². The largest absolute Gasteiger partial charge is 0.147 e. The molecule has 0 heterocycles. The van der Waals surface area contributed by atoms with E-state index in [1.165, 1.54) is 100 Å². The van der Waals surface area contributed by atoms with Gasteiger partial charge < -0.3 is 0 Å². The molecule has 0 spiro atoms. The summed E-state index contributed by atoms with van der Waals surface area (Å²) < 4.78 is 6.43. The molecule has 6 aromatic rings. The van der Waals surface area contributed by atoms with Crippen LogP contribution >= 0.6 is 24.8 Å². The number of hydrogen-bond donors (Lipinski definition) is 0. The summed E-state index contributed by atoms with van der Waals surface area (Å²) in [5, 5.41) is 0. The first-order valence-electron chi connectivity index (χ1n) is 22.4. The van der Waals surface area contributed by atoms with E-state index in [0.717, 1.165) is 0 Å². The van der Waals surface area contributed by atoms with Crippen LogP contribution in [-0.4, -0.2) is 6.88 Å². The summed E-state index contributed by atoms with van der Waals surface area (Å²) in [4.78, 5) is 0. The molecule has 6 aromatic carbocycles. The maximum Gasteiger partial charge on any atom is -0.147 e. The number of benzene rings is 6. The maximum atomic E-state index is 2.86. The molecule has 0 N–H and O–H groups in total. The van der Waals surface area contributed by atoms with Gasteiger partial charge in [0.1, 0.15) is 0 Å². The van der Waals surface area contributed by atoms with Crippen molar-refractivity contribution in [1.29, 1.82) is 0 Å². The fourth-order valence-electron chi connectivity index (χ4n) is 11.8.